The molecular weight excluding hydrogens is 444 g/mol. The highest BCUT2D eigenvalue weighted by Crippen LogP contribution is 2.35. The molecule has 0 bridgehead atoms. The molecule has 0 radical (unpaired) electrons. The van der Waals surface area contributed by atoms with Gasteiger partial charge in [-0.1, -0.05) is 33.6 Å². The second-order valence-corrected chi connectivity index (χ2v) is 9.33. The maximum absolute atomic E-state index is 13.3. The Morgan fingerprint density at radius 3 is 2.29 bits per heavy atom. The lowest BCUT2D eigenvalue weighted by atomic mass is 10.2. The Hall–Kier alpha value is -2.16. The topological polar surface area (TPSA) is 72.6 Å². The molecule has 0 spiro atoms. The Balaban J connectivity index is 1.84. The number of sulfone groups is 1. The van der Waals surface area contributed by atoms with Crippen LogP contribution >= 0.6 is 15.9 Å². The lowest BCUT2D eigenvalue weighted by molar-refractivity contribution is 0.120. The summed E-state index contributed by atoms with van der Waals surface area (Å²) in [5.41, 5.74) is 1.70. The first-order valence-corrected chi connectivity index (χ1v) is 11.1. The minimum Gasteiger partial charge on any atom is -0.419 e. The largest absolute Gasteiger partial charge is 0.419 e. The molecule has 0 atom stereocenters. The molecule has 2 aromatic carbocycles. The first-order valence-electron chi connectivity index (χ1n) is 8.86. The van der Waals surface area contributed by atoms with Crippen LogP contribution in [0.25, 0.3) is 11.5 Å². The number of rotatable bonds is 4. The van der Waals surface area contributed by atoms with E-state index in [1.807, 2.05) is 36.1 Å². The van der Waals surface area contributed by atoms with Crippen molar-refractivity contribution in [2.24, 2.45) is 0 Å². The minimum atomic E-state index is -3.83. The predicted molar refractivity (Wildman–Crippen MR) is 109 cm³/mol. The Morgan fingerprint density at radius 2 is 1.64 bits per heavy atom. The van der Waals surface area contributed by atoms with Crippen molar-refractivity contribution in [3.8, 4) is 11.5 Å². The third-order valence-electron chi connectivity index (χ3n) is 4.55. The van der Waals surface area contributed by atoms with Crippen molar-refractivity contribution in [2.75, 3.05) is 31.2 Å². The fourth-order valence-electron chi connectivity index (χ4n) is 2.98. The van der Waals surface area contributed by atoms with Gasteiger partial charge in [0.1, 0.15) is 0 Å². The Kier molecular flexibility index (Phi) is 5.27. The van der Waals surface area contributed by atoms with E-state index in [9.17, 15) is 8.42 Å². The lowest BCUT2D eigenvalue weighted by Crippen LogP contribution is -2.36. The smallest absolute Gasteiger partial charge is 0.236 e. The van der Waals surface area contributed by atoms with Crippen molar-refractivity contribution in [3.63, 3.8) is 0 Å². The molecule has 4 rings (SSSR count). The number of aryl methyl sites for hydroxylation is 1. The van der Waals surface area contributed by atoms with E-state index in [0.29, 0.717) is 31.9 Å². The molecule has 1 aromatic heterocycles. The predicted octanol–water partition coefficient (Wildman–Crippen LogP) is 4.08. The number of oxazole rings is 1. The zero-order valence-corrected chi connectivity index (χ0v) is 17.7. The molecule has 2 heterocycles. The molecule has 0 N–H and O–H groups in total. The summed E-state index contributed by atoms with van der Waals surface area (Å²) in [6.07, 6.45) is 0. The van der Waals surface area contributed by atoms with Gasteiger partial charge in [0.25, 0.3) is 0 Å². The van der Waals surface area contributed by atoms with Crippen LogP contribution in [-0.2, 0) is 14.6 Å². The Morgan fingerprint density at radius 1 is 1.00 bits per heavy atom. The summed E-state index contributed by atoms with van der Waals surface area (Å²) in [4.78, 5) is 6.48. The van der Waals surface area contributed by atoms with E-state index in [2.05, 4.69) is 20.9 Å². The molecule has 146 valence electrons. The van der Waals surface area contributed by atoms with E-state index in [-0.39, 0.29) is 21.7 Å². The van der Waals surface area contributed by atoms with E-state index >= 15 is 0 Å². The molecule has 0 amide bonds. The zero-order valence-electron chi connectivity index (χ0n) is 15.3. The highest BCUT2D eigenvalue weighted by molar-refractivity contribution is 9.10. The summed E-state index contributed by atoms with van der Waals surface area (Å²) >= 11 is 3.40. The third kappa shape index (κ3) is 3.72. The van der Waals surface area contributed by atoms with Crippen molar-refractivity contribution >= 4 is 31.7 Å². The Bertz CT molecular complexity index is 1070. The standard InChI is InChI=1S/C20H19BrN2O4S/c1-14-2-8-17(9-3-14)28(24,25)19-20(23-10-12-26-13-11-23)27-18(22-19)15-4-6-16(21)7-5-15/h2-9H,10-13H2,1H3. The number of halogens is 1. The number of ether oxygens (including phenoxy) is 1. The van der Waals surface area contributed by atoms with Crippen molar-refractivity contribution in [1.82, 2.24) is 4.98 Å². The molecule has 28 heavy (non-hydrogen) atoms. The van der Waals surface area contributed by atoms with Gasteiger partial charge in [-0.3, -0.25) is 0 Å². The zero-order chi connectivity index (χ0) is 19.7. The van der Waals surface area contributed by atoms with E-state index in [1.165, 1.54) is 0 Å². The molecule has 0 unspecified atom stereocenters. The summed E-state index contributed by atoms with van der Waals surface area (Å²) in [6, 6.07) is 14.1. The van der Waals surface area contributed by atoms with Crippen molar-refractivity contribution in [3.05, 3.63) is 58.6 Å². The molecule has 0 aliphatic carbocycles. The maximum Gasteiger partial charge on any atom is 0.236 e. The van der Waals surface area contributed by atoms with E-state index in [1.54, 1.807) is 24.3 Å². The van der Waals surface area contributed by atoms with Gasteiger partial charge in [0, 0.05) is 23.1 Å². The number of morpholine rings is 1. The SMILES string of the molecule is Cc1ccc(S(=O)(=O)c2nc(-c3ccc(Br)cc3)oc2N2CCOCC2)cc1. The van der Waals surface area contributed by atoms with E-state index in [0.717, 1.165) is 10.0 Å². The fraction of sp³-hybridized carbons (Fsp3) is 0.250. The normalized spacial score (nSPS) is 15.0. The van der Waals surface area contributed by atoms with E-state index in [4.69, 9.17) is 9.15 Å². The van der Waals surface area contributed by atoms with Crippen LogP contribution in [-0.4, -0.2) is 39.7 Å². The Labute approximate surface area is 172 Å². The second-order valence-electron chi connectivity index (χ2n) is 6.55. The lowest BCUT2D eigenvalue weighted by Gasteiger charge is -2.26. The number of nitrogens with zero attached hydrogens (tertiary/aromatic N) is 2. The highest BCUT2D eigenvalue weighted by Gasteiger charge is 2.32. The van der Waals surface area contributed by atoms with Crippen LogP contribution in [0.2, 0.25) is 0 Å². The second kappa shape index (κ2) is 7.69. The minimum absolute atomic E-state index is 0.0591. The first kappa shape index (κ1) is 19.2. The van der Waals surface area contributed by atoms with Gasteiger partial charge in [-0.15, -0.1) is 0 Å². The molecule has 6 nitrogen and oxygen atoms in total. The van der Waals surface area contributed by atoms with Crippen LogP contribution in [0.1, 0.15) is 5.56 Å². The molecule has 1 fully saturated rings. The molecular formula is C20H19BrN2O4S. The van der Waals surface area contributed by atoms with Crippen molar-refractivity contribution < 1.29 is 17.6 Å². The number of aromatic nitrogens is 1. The van der Waals surface area contributed by atoms with Crippen LogP contribution < -0.4 is 4.90 Å². The van der Waals surface area contributed by atoms with E-state index < -0.39 is 9.84 Å². The average molecular weight is 463 g/mol. The van der Waals surface area contributed by atoms with Gasteiger partial charge in [-0.2, -0.15) is 4.98 Å². The van der Waals surface area contributed by atoms with Gasteiger partial charge in [0.15, 0.2) is 0 Å². The van der Waals surface area contributed by atoms with Gasteiger partial charge < -0.3 is 14.1 Å². The molecule has 0 saturated carbocycles. The van der Waals surface area contributed by atoms with Crippen LogP contribution in [0, 0.1) is 6.92 Å². The molecule has 3 aromatic rings. The van der Waals surface area contributed by atoms with Crippen LogP contribution in [0.5, 0.6) is 0 Å². The average Bonchev–Trinajstić information content (AvgIpc) is 3.16. The maximum atomic E-state index is 13.3. The molecule has 1 aliphatic rings. The summed E-state index contributed by atoms with van der Waals surface area (Å²) in [6.45, 7) is 4.03. The molecule has 1 aliphatic heterocycles. The summed E-state index contributed by atoms with van der Waals surface area (Å²) in [5, 5.41) is -0.0591. The molecule has 1 saturated heterocycles. The molecule has 8 heteroatoms. The van der Waals surface area contributed by atoms with Gasteiger partial charge in [0.05, 0.1) is 18.1 Å². The number of anilines is 1. The van der Waals surface area contributed by atoms with Gasteiger partial charge >= 0.3 is 0 Å². The third-order valence-corrected chi connectivity index (χ3v) is 6.75. The number of benzene rings is 2. The monoisotopic (exact) mass is 462 g/mol. The number of hydrogen-bond donors (Lipinski definition) is 0. The van der Waals surface area contributed by atoms with Crippen molar-refractivity contribution in [1.29, 1.82) is 0 Å². The summed E-state index contributed by atoms with van der Waals surface area (Å²) in [7, 11) is -3.83. The van der Waals surface area contributed by atoms with Crippen LogP contribution in [0.4, 0.5) is 5.88 Å². The summed E-state index contributed by atoms with van der Waals surface area (Å²) < 4.78 is 38.9. The van der Waals surface area contributed by atoms with Gasteiger partial charge in [-0.05, 0) is 43.3 Å². The first-order chi connectivity index (χ1) is 13.4. The van der Waals surface area contributed by atoms with Crippen LogP contribution in [0.3, 0.4) is 0 Å². The highest BCUT2D eigenvalue weighted by atomic mass is 79.9. The van der Waals surface area contributed by atoms with Crippen LogP contribution in [0.15, 0.2) is 67.3 Å². The number of hydrogen-bond acceptors (Lipinski definition) is 6. The van der Waals surface area contributed by atoms with Gasteiger partial charge in [-0.25, -0.2) is 8.42 Å². The van der Waals surface area contributed by atoms with Gasteiger partial charge in [0.2, 0.25) is 26.6 Å². The quantitative estimate of drug-likeness (QED) is 0.581. The fourth-order valence-corrected chi connectivity index (χ4v) is 4.57. The van der Waals surface area contributed by atoms with Crippen molar-refractivity contribution in [2.45, 2.75) is 16.8 Å². The summed E-state index contributed by atoms with van der Waals surface area (Å²) in [5.74, 6) is 0.543.